The second kappa shape index (κ2) is 6.83. The van der Waals surface area contributed by atoms with E-state index in [1.807, 2.05) is 0 Å². The fourth-order valence-electron chi connectivity index (χ4n) is 2.51. The Balaban J connectivity index is 2.20. The van der Waals surface area contributed by atoms with Crippen LogP contribution in [0.1, 0.15) is 0 Å². The van der Waals surface area contributed by atoms with Crippen LogP contribution in [-0.4, -0.2) is 25.9 Å². The highest BCUT2D eigenvalue weighted by Crippen LogP contribution is 2.34. The van der Waals surface area contributed by atoms with Gasteiger partial charge in [0.05, 0.1) is 10.6 Å². The number of fused-ring (bicyclic) bond motifs is 1. The van der Waals surface area contributed by atoms with E-state index in [-0.39, 0.29) is 27.3 Å². The van der Waals surface area contributed by atoms with Gasteiger partial charge in [-0.2, -0.15) is 16.8 Å². The van der Waals surface area contributed by atoms with Gasteiger partial charge in [0, 0.05) is 22.1 Å². The van der Waals surface area contributed by atoms with E-state index in [1.54, 1.807) is 0 Å². The van der Waals surface area contributed by atoms with Gasteiger partial charge in [-0.3, -0.25) is 9.11 Å². The molecule has 28 heavy (non-hydrogen) atoms. The third kappa shape index (κ3) is 3.94. The summed E-state index contributed by atoms with van der Waals surface area (Å²) in [6.45, 7) is 0. The fraction of sp³-hybridized carbons (Fsp3) is 0. The molecule has 0 saturated carbocycles. The lowest BCUT2D eigenvalue weighted by Crippen LogP contribution is -1.99. The average molecular weight is 422 g/mol. The summed E-state index contributed by atoms with van der Waals surface area (Å²) in [5.74, 6) is 0. The van der Waals surface area contributed by atoms with Crippen LogP contribution >= 0.6 is 0 Å². The molecule has 0 aliphatic heterocycles. The Bertz CT molecular complexity index is 1330. The molecule has 3 rings (SSSR count). The smallest absolute Gasteiger partial charge is 0.296 e. The Morgan fingerprint density at radius 3 is 2.00 bits per heavy atom. The van der Waals surface area contributed by atoms with E-state index in [2.05, 4.69) is 10.2 Å². The zero-order valence-electron chi connectivity index (χ0n) is 14.0. The topological polar surface area (TPSA) is 185 Å². The largest absolute Gasteiger partial charge is 0.399 e. The van der Waals surface area contributed by atoms with Crippen LogP contribution in [0.25, 0.3) is 10.8 Å². The van der Waals surface area contributed by atoms with Crippen molar-refractivity contribution >= 4 is 53.8 Å². The van der Waals surface area contributed by atoms with E-state index in [1.165, 1.54) is 42.5 Å². The molecule has 12 heteroatoms. The van der Waals surface area contributed by atoms with Crippen LogP contribution in [0.15, 0.2) is 68.6 Å². The van der Waals surface area contributed by atoms with Crippen LogP contribution < -0.4 is 11.5 Å². The molecule has 146 valence electrons. The summed E-state index contributed by atoms with van der Waals surface area (Å²) in [4.78, 5) is -0.900. The monoisotopic (exact) mass is 422 g/mol. The van der Waals surface area contributed by atoms with Gasteiger partial charge in [0.2, 0.25) is 0 Å². The molecule has 0 bridgehead atoms. The first-order valence-electron chi connectivity index (χ1n) is 7.55. The van der Waals surface area contributed by atoms with Gasteiger partial charge in [0.1, 0.15) is 10.6 Å². The van der Waals surface area contributed by atoms with Gasteiger partial charge < -0.3 is 11.5 Å². The van der Waals surface area contributed by atoms with Crippen LogP contribution in [0.5, 0.6) is 0 Å². The first-order chi connectivity index (χ1) is 13.0. The highest BCUT2D eigenvalue weighted by Gasteiger charge is 2.17. The number of hydrogen-bond acceptors (Lipinski definition) is 8. The molecule has 10 nitrogen and oxygen atoms in total. The van der Waals surface area contributed by atoms with E-state index in [4.69, 9.17) is 11.5 Å². The fourth-order valence-corrected chi connectivity index (χ4v) is 3.68. The summed E-state index contributed by atoms with van der Waals surface area (Å²) >= 11 is 0. The predicted molar refractivity (Wildman–Crippen MR) is 103 cm³/mol. The Morgan fingerprint density at radius 2 is 1.36 bits per heavy atom. The molecule has 0 unspecified atom stereocenters. The molecule has 0 radical (unpaired) electrons. The first kappa shape index (κ1) is 19.7. The predicted octanol–water partition coefficient (Wildman–Crippen LogP) is 2.91. The summed E-state index contributed by atoms with van der Waals surface area (Å²) in [5, 5.41) is 8.50. The number of hydrogen-bond donors (Lipinski definition) is 4. The van der Waals surface area contributed by atoms with Gasteiger partial charge in [0.25, 0.3) is 20.2 Å². The molecule has 0 fully saturated rings. The molecule has 0 aliphatic carbocycles. The minimum absolute atomic E-state index is 0.0994. The molecule has 0 aliphatic rings. The van der Waals surface area contributed by atoms with Gasteiger partial charge in [0.15, 0.2) is 0 Å². The molecular formula is C16H14N4O6S2. The second-order valence-electron chi connectivity index (χ2n) is 5.76. The Kier molecular flexibility index (Phi) is 4.81. The van der Waals surface area contributed by atoms with Gasteiger partial charge >= 0.3 is 0 Å². The molecular weight excluding hydrogens is 408 g/mol. The van der Waals surface area contributed by atoms with Crippen molar-refractivity contribution in [3.8, 4) is 0 Å². The van der Waals surface area contributed by atoms with Gasteiger partial charge in [-0.1, -0.05) is 6.07 Å². The first-order valence-corrected chi connectivity index (χ1v) is 10.4. The molecule has 6 N–H and O–H groups in total. The highest BCUT2D eigenvalue weighted by atomic mass is 32.2. The maximum atomic E-state index is 11.5. The quantitative estimate of drug-likeness (QED) is 0.281. The summed E-state index contributed by atoms with van der Waals surface area (Å²) in [6, 6.07) is 10.4. The lowest BCUT2D eigenvalue weighted by molar-refractivity contribution is 0.481. The van der Waals surface area contributed by atoms with Gasteiger partial charge in [-0.25, -0.2) is 0 Å². The molecule has 3 aromatic rings. The minimum atomic E-state index is -4.60. The molecule has 0 aromatic heterocycles. The van der Waals surface area contributed by atoms with Crippen molar-refractivity contribution in [2.24, 2.45) is 10.2 Å². The van der Waals surface area contributed by atoms with Crippen LogP contribution in [0.3, 0.4) is 0 Å². The summed E-state index contributed by atoms with van der Waals surface area (Å²) in [5.41, 5.74) is 11.8. The van der Waals surface area contributed by atoms with Gasteiger partial charge in [-0.05, 0) is 42.5 Å². The lowest BCUT2D eigenvalue weighted by Gasteiger charge is -2.07. The van der Waals surface area contributed by atoms with E-state index < -0.39 is 25.1 Å². The van der Waals surface area contributed by atoms with Crippen LogP contribution in [0, 0.1) is 0 Å². The molecule has 0 saturated heterocycles. The summed E-state index contributed by atoms with van der Waals surface area (Å²) < 4.78 is 64.4. The maximum Gasteiger partial charge on any atom is 0.296 e. The maximum absolute atomic E-state index is 11.5. The third-order valence-electron chi connectivity index (χ3n) is 3.82. The van der Waals surface area contributed by atoms with Crippen molar-refractivity contribution in [1.29, 1.82) is 0 Å². The second-order valence-corrected chi connectivity index (χ2v) is 8.57. The molecule has 0 spiro atoms. The van der Waals surface area contributed by atoms with E-state index in [0.717, 1.165) is 6.07 Å². The van der Waals surface area contributed by atoms with E-state index >= 15 is 0 Å². The van der Waals surface area contributed by atoms with Crippen molar-refractivity contribution < 1.29 is 25.9 Å². The normalized spacial score (nSPS) is 12.6. The Hall–Kier alpha value is -3.06. The average Bonchev–Trinajstić information content (AvgIpc) is 2.60. The van der Waals surface area contributed by atoms with Crippen molar-refractivity contribution in [2.45, 2.75) is 9.79 Å². The van der Waals surface area contributed by atoms with Crippen LogP contribution in [-0.2, 0) is 20.2 Å². The standard InChI is InChI=1S/C16H14N4O6S2/c17-9-1-5-15(16(7-9)28(24,25)26)20-19-14-6-4-13(18)11-3-2-10(8-12(11)14)27(21,22)23/h1-8H,17-18H2,(H,21,22,23)(H,24,25,26)/b20-19+. The van der Waals surface area contributed by atoms with Crippen molar-refractivity contribution in [1.82, 2.24) is 0 Å². The number of anilines is 2. The number of rotatable bonds is 4. The molecule has 3 aromatic carbocycles. The van der Waals surface area contributed by atoms with Crippen molar-refractivity contribution in [3.63, 3.8) is 0 Å². The SMILES string of the molecule is Nc1ccc(/N=N/c2ccc(N)c3ccc(S(=O)(=O)O)cc23)c(S(=O)(=O)O)c1. The molecule has 0 amide bonds. The van der Waals surface area contributed by atoms with E-state index in [9.17, 15) is 25.9 Å². The van der Waals surface area contributed by atoms with Crippen molar-refractivity contribution in [2.75, 3.05) is 11.5 Å². The minimum Gasteiger partial charge on any atom is -0.399 e. The number of nitrogen functional groups attached to an aromatic ring is 2. The van der Waals surface area contributed by atoms with E-state index in [0.29, 0.717) is 11.1 Å². The zero-order chi connectivity index (χ0) is 20.7. The zero-order valence-corrected chi connectivity index (χ0v) is 15.6. The lowest BCUT2D eigenvalue weighted by atomic mass is 10.1. The molecule has 0 heterocycles. The summed E-state index contributed by atoms with van der Waals surface area (Å²) in [7, 11) is -9.06. The summed E-state index contributed by atoms with van der Waals surface area (Å²) in [6.07, 6.45) is 0. The van der Waals surface area contributed by atoms with Crippen LogP contribution in [0.2, 0.25) is 0 Å². The Morgan fingerprint density at radius 1 is 0.714 bits per heavy atom. The molecule has 0 atom stereocenters. The number of nitrogens with two attached hydrogens (primary N) is 2. The number of nitrogens with zero attached hydrogens (tertiary/aromatic N) is 2. The third-order valence-corrected chi connectivity index (χ3v) is 5.56. The van der Waals surface area contributed by atoms with Crippen molar-refractivity contribution in [3.05, 3.63) is 48.5 Å². The number of azo groups is 1. The highest BCUT2D eigenvalue weighted by molar-refractivity contribution is 7.86. The Labute approximate surface area is 160 Å². The van der Waals surface area contributed by atoms with Gasteiger partial charge in [-0.15, -0.1) is 10.2 Å². The van der Waals surface area contributed by atoms with Crippen LogP contribution in [0.4, 0.5) is 22.7 Å². The number of benzene rings is 3.